The molecule has 0 spiro atoms. The van der Waals surface area contributed by atoms with Gasteiger partial charge < -0.3 is 4.74 Å². The maximum absolute atomic E-state index is 12.8. The van der Waals surface area contributed by atoms with Gasteiger partial charge in [0.15, 0.2) is 0 Å². The first-order valence-electron chi connectivity index (χ1n) is 9.16. The number of likely N-dealkylation sites (tertiary alicyclic amines) is 1. The van der Waals surface area contributed by atoms with Crippen LogP contribution < -0.4 is 4.74 Å². The largest absolute Gasteiger partial charge is 0.493 e. The number of ether oxygens (including phenoxy) is 1. The average Bonchev–Trinajstić information content (AvgIpc) is 2.66. The van der Waals surface area contributed by atoms with E-state index in [1.54, 1.807) is 12.1 Å². The van der Waals surface area contributed by atoms with Gasteiger partial charge in [-0.25, -0.2) is 4.39 Å². The number of hydrogen-bond acceptors (Lipinski definition) is 2. The van der Waals surface area contributed by atoms with Crippen molar-refractivity contribution in [1.29, 1.82) is 0 Å². The molecular formula is C22H26FNO. The molecule has 0 aliphatic carbocycles. The molecule has 1 heterocycles. The quantitative estimate of drug-likeness (QED) is 0.708. The summed E-state index contributed by atoms with van der Waals surface area (Å²) in [5.74, 6) is 0.468. The van der Waals surface area contributed by atoms with Gasteiger partial charge >= 0.3 is 0 Å². The third-order valence-corrected chi connectivity index (χ3v) is 4.58. The van der Waals surface area contributed by atoms with Crippen molar-refractivity contribution in [1.82, 2.24) is 4.90 Å². The second-order valence-corrected chi connectivity index (χ2v) is 6.56. The van der Waals surface area contributed by atoms with Gasteiger partial charge in [0.1, 0.15) is 11.6 Å². The lowest BCUT2D eigenvalue weighted by Gasteiger charge is -2.24. The number of benzene rings is 2. The fraction of sp³-hybridized carbons (Fsp3) is 0.364. The second kappa shape index (κ2) is 9.38. The summed E-state index contributed by atoms with van der Waals surface area (Å²) in [4.78, 5) is 2.52. The van der Waals surface area contributed by atoms with Gasteiger partial charge in [-0.3, -0.25) is 4.90 Å². The predicted octanol–water partition coefficient (Wildman–Crippen LogP) is 4.95. The monoisotopic (exact) mass is 339 g/mol. The van der Waals surface area contributed by atoms with Crippen LogP contribution in [-0.2, 0) is 6.42 Å². The van der Waals surface area contributed by atoms with Crippen LogP contribution in [0, 0.1) is 5.82 Å². The summed E-state index contributed by atoms with van der Waals surface area (Å²) >= 11 is 0. The van der Waals surface area contributed by atoms with Gasteiger partial charge in [0.05, 0.1) is 6.61 Å². The van der Waals surface area contributed by atoms with E-state index in [-0.39, 0.29) is 5.82 Å². The topological polar surface area (TPSA) is 12.5 Å². The lowest BCUT2D eigenvalue weighted by atomic mass is 10.1. The van der Waals surface area contributed by atoms with Gasteiger partial charge in [-0.15, -0.1) is 0 Å². The van der Waals surface area contributed by atoms with Gasteiger partial charge in [-0.1, -0.05) is 42.8 Å². The van der Waals surface area contributed by atoms with E-state index in [4.69, 9.17) is 4.74 Å². The highest BCUT2D eigenvalue weighted by Crippen LogP contribution is 2.13. The van der Waals surface area contributed by atoms with Crippen molar-refractivity contribution in [3.63, 3.8) is 0 Å². The van der Waals surface area contributed by atoms with Crippen molar-refractivity contribution in [3.8, 4) is 5.75 Å². The van der Waals surface area contributed by atoms with Gasteiger partial charge in [0, 0.05) is 13.0 Å². The van der Waals surface area contributed by atoms with Crippen molar-refractivity contribution in [2.75, 3.05) is 26.2 Å². The van der Waals surface area contributed by atoms with Crippen LogP contribution in [0.3, 0.4) is 0 Å². The number of halogens is 1. The van der Waals surface area contributed by atoms with Gasteiger partial charge in [0.2, 0.25) is 0 Å². The highest BCUT2D eigenvalue weighted by molar-refractivity contribution is 5.49. The molecule has 1 aliphatic rings. The predicted molar refractivity (Wildman–Crippen MR) is 101 cm³/mol. The van der Waals surface area contributed by atoms with E-state index >= 15 is 0 Å². The van der Waals surface area contributed by atoms with E-state index in [2.05, 4.69) is 41.3 Å². The third-order valence-electron chi connectivity index (χ3n) is 4.58. The number of piperidine rings is 1. The summed E-state index contributed by atoms with van der Waals surface area (Å²) < 4.78 is 18.5. The zero-order valence-electron chi connectivity index (χ0n) is 14.7. The van der Waals surface area contributed by atoms with Crippen LogP contribution in [0.1, 0.15) is 30.4 Å². The maximum Gasteiger partial charge on any atom is 0.123 e. The summed E-state index contributed by atoms with van der Waals surface area (Å²) in [5.41, 5.74) is 2.48. The average molecular weight is 339 g/mol. The molecular weight excluding hydrogens is 313 g/mol. The van der Waals surface area contributed by atoms with Crippen LogP contribution in [0.2, 0.25) is 0 Å². The van der Waals surface area contributed by atoms with Crippen molar-refractivity contribution >= 4 is 6.08 Å². The van der Waals surface area contributed by atoms with Gasteiger partial charge in [-0.2, -0.15) is 0 Å². The number of nitrogens with zero attached hydrogens (tertiary/aromatic N) is 1. The molecule has 0 saturated carbocycles. The third kappa shape index (κ3) is 6.02. The Morgan fingerprint density at radius 1 is 0.920 bits per heavy atom. The zero-order valence-corrected chi connectivity index (χ0v) is 14.7. The Labute approximate surface area is 149 Å². The minimum absolute atomic E-state index is 0.240. The molecule has 2 aromatic carbocycles. The van der Waals surface area contributed by atoms with E-state index in [1.807, 2.05) is 0 Å². The summed E-state index contributed by atoms with van der Waals surface area (Å²) in [6, 6.07) is 14.8. The van der Waals surface area contributed by atoms with E-state index in [0.29, 0.717) is 12.4 Å². The van der Waals surface area contributed by atoms with E-state index in [1.165, 1.54) is 55.6 Å². The molecule has 1 saturated heterocycles. The van der Waals surface area contributed by atoms with Gasteiger partial charge in [0.25, 0.3) is 0 Å². The molecule has 3 heteroatoms. The fourth-order valence-electron chi connectivity index (χ4n) is 3.09. The summed E-state index contributed by atoms with van der Waals surface area (Å²) in [6.07, 6.45) is 9.36. The molecule has 25 heavy (non-hydrogen) atoms. The Balaban J connectivity index is 1.41. The van der Waals surface area contributed by atoms with Crippen LogP contribution in [-0.4, -0.2) is 31.1 Å². The molecule has 0 aromatic heterocycles. The summed E-state index contributed by atoms with van der Waals surface area (Å²) in [5, 5.41) is 0. The van der Waals surface area contributed by atoms with E-state index in [0.717, 1.165) is 13.0 Å². The van der Waals surface area contributed by atoms with E-state index in [9.17, 15) is 4.39 Å². The zero-order chi connectivity index (χ0) is 17.3. The van der Waals surface area contributed by atoms with Crippen molar-refractivity contribution in [2.24, 2.45) is 0 Å². The smallest absolute Gasteiger partial charge is 0.123 e. The first-order chi connectivity index (χ1) is 12.3. The highest BCUT2D eigenvalue weighted by Gasteiger charge is 2.07. The highest BCUT2D eigenvalue weighted by atomic mass is 19.1. The maximum atomic E-state index is 12.8. The molecule has 2 nitrogen and oxygen atoms in total. The second-order valence-electron chi connectivity index (χ2n) is 6.56. The minimum atomic E-state index is -0.240. The molecule has 0 bridgehead atoms. The van der Waals surface area contributed by atoms with Gasteiger partial charge in [-0.05, 0) is 61.3 Å². The number of rotatable bonds is 7. The molecule has 2 aromatic rings. The lowest BCUT2D eigenvalue weighted by Crippen LogP contribution is -2.29. The standard InChI is InChI=1S/C22H26FNO/c23-21-10-12-22(13-11-21)25-18-14-20-8-6-19(7-9-20)5-4-17-24-15-2-1-3-16-24/h4-13H,1-3,14-18H2. The Hall–Kier alpha value is -2.13. The first-order valence-corrected chi connectivity index (χ1v) is 9.16. The number of hydrogen-bond donors (Lipinski definition) is 0. The fourth-order valence-corrected chi connectivity index (χ4v) is 3.09. The Morgan fingerprint density at radius 2 is 1.64 bits per heavy atom. The van der Waals surface area contributed by atoms with Crippen molar-refractivity contribution < 1.29 is 9.13 Å². The lowest BCUT2D eigenvalue weighted by molar-refractivity contribution is 0.252. The Kier molecular flexibility index (Phi) is 6.63. The molecule has 1 fully saturated rings. The molecule has 0 radical (unpaired) electrons. The molecule has 3 rings (SSSR count). The molecule has 0 amide bonds. The van der Waals surface area contributed by atoms with Crippen LogP contribution in [0.5, 0.6) is 5.75 Å². The molecule has 0 unspecified atom stereocenters. The molecule has 0 atom stereocenters. The SMILES string of the molecule is Fc1ccc(OCCc2ccc(C=CCN3CCCCC3)cc2)cc1. The Bertz CT molecular complexity index is 657. The van der Waals surface area contributed by atoms with Crippen LogP contribution in [0.15, 0.2) is 54.6 Å². The molecule has 0 N–H and O–H groups in total. The van der Waals surface area contributed by atoms with E-state index < -0.39 is 0 Å². The van der Waals surface area contributed by atoms with Crippen LogP contribution in [0.25, 0.3) is 6.08 Å². The van der Waals surface area contributed by atoms with Crippen LogP contribution >= 0.6 is 0 Å². The van der Waals surface area contributed by atoms with Crippen molar-refractivity contribution in [2.45, 2.75) is 25.7 Å². The summed E-state index contributed by atoms with van der Waals surface area (Å²) in [6.45, 7) is 4.11. The van der Waals surface area contributed by atoms with Crippen molar-refractivity contribution in [3.05, 3.63) is 71.6 Å². The minimum Gasteiger partial charge on any atom is -0.493 e. The first kappa shape index (κ1) is 17.7. The normalized spacial score (nSPS) is 15.6. The van der Waals surface area contributed by atoms with Crippen LogP contribution in [0.4, 0.5) is 4.39 Å². The Morgan fingerprint density at radius 3 is 2.36 bits per heavy atom. The summed E-state index contributed by atoms with van der Waals surface area (Å²) in [7, 11) is 0. The molecule has 1 aliphatic heterocycles. The molecule has 132 valence electrons.